The minimum Gasteiger partial charge on any atom is -0.489 e. The zero-order chi connectivity index (χ0) is 11.8. The molecule has 1 aromatic heterocycles. The Hall–Kier alpha value is -1.68. The van der Waals surface area contributed by atoms with E-state index in [1.807, 2.05) is 0 Å². The van der Waals surface area contributed by atoms with Gasteiger partial charge in [0, 0.05) is 11.1 Å². The van der Waals surface area contributed by atoms with Crippen LogP contribution in [-0.2, 0) is 4.74 Å². The van der Waals surface area contributed by atoms with E-state index in [0.717, 1.165) is 16.5 Å². The zero-order valence-electron chi connectivity index (χ0n) is 8.90. The second kappa shape index (κ2) is 3.96. The lowest BCUT2D eigenvalue weighted by Gasteiger charge is -1.98. The van der Waals surface area contributed by atoms with Crippen molar-refractivity contribution >= 4 is 27.2 Å². The van der Waals surface area contributed by atoms with Gasteiger partial charge in [-0.15, -0.1) is 11.3 Å². The molecule has 0 atom stereocenters. The number of rotatable bonds is 2. The number of halogens is 1. The summed E-state index contributed by atoms with van der Waals surface area (Å²) < 4.78 is 19.2. The summed E-state index contributed by atoms with van der Waals surface area (Å²) in [6, 6.07) is 6.24. The van der Waals surface area contributed by atoms with Crippen LogP contribution in [0.4, 0.5) is 4.39 Å². The Bertz CT molecular complexity index is 627. The predicted octanol–water partition coefficient (Wildman–Crippen LogP) is 3.53. The van der Waals surface area contributed by atoms with Gasteiger partial charge in [0.2, 0.25) is 5.78 Å². The number of hydrogen-bond acceptors (Lipinski definition) is 3. The fraction of sp³-hybridized carbons (Fsp3) is 0.154. The maximum absolute atomic E-state index is 13.0. The summed E-state index contributed by atoms with van der Waals surface area (Å²) >= 11 is 1.36. The van der Waals surface area contributed by atoms with Crippen molar-refractivity contribution in [2.75, 3.05) is 6.61 Å². The highest BCUT2D eigenvalue weighted by molar-refractivity contribution is 7.21. The monoisotopic (exact) mass is 248 g/mol. The van der Waals surface area contributed by atoms with Crippen LogP contribution in [0.1, 0.15) is 16.1 Å². The summed E-state index contributed by atoms with van der Waals surface area (Å²) in [4.78, 5) is 12.6. The molecule has 0 radical (unpaired) electrons. The summed E-state index contributed by atoms with van der Waals surface area (Å²) in [6.07, 6.45) is 2.58. The second-order valence-corrected chi connectivity index (χ2v) is 4.91. The molecule has 0 fully saturated rings. The lowest BCUT2D eigenvalue weighted by atomic mass is 10.2. The number of fused-ring (bicyclic) bond motifs is 1. The van der Waals surface area contributed by atoms with E-state index in [4.69, 9.17) is 4.74 Å². The maximum Gasteiger partial charge on any atom is 0.237 e. The van der Waals surface area contributed by atoms with E-state index in [1.165, 1.54) is 23.5 Å². The Morgan fingerprint density at radius 3 is 3.00 bits per heavy atom. The highest BCUT2D eigenvalue weighted by Crippen LogP contribution is 2.29. The van der Waals surface area contributed by atoms with Crippen molar-refractivity contribution in [1.29, 1.82) is 0 Å². The van der Waals surface area contributed by atoms with Gasteiger partial charge in [0.15, 0.2) is 5.76 Å². The van der Waals surface area contributed by atoms with Gasteiger partial charge in [-0.25, -0.2) is 4.39 Å². The van der Waals surface area contributed by atoms with Crippen LogP contribution in [0, 0.1) is 5.82 Å². The van der Waals surface area contributed by atoms with E-state index < -0.39 is 0 Å². The van der Waals surface area contributed by atoms with Gasteiger partial charge in [-0.05, 0) is 35.7 Å². The van der Waals surface area contributed by atoms with E-state index >= 15 is 0 Å². The third-order valence-corrected chi connectivity index (χ3v) is 3.75. The maximum atomic E-state index is 13.0. The lowest BCUT2D eigenvalue weighted by molar-refractivity contribution is 0.0946. The lowest BCUT2D eigenvalue weighted by Crippen LogP contribution is -2.01. The first-order chi connectivity index (χ1) is 8.24. The van der Waals surface area contributed by atoms with Crippen molar-refractivity contribution in [1.82, 2.24) is 0 Å². The number of thiophene rings is 1. The first kappa shape index (κ1) is 10.5. The van der Waals surface area contributed by atoms with Crippen LogP contribution < -0.4 is 0 Å². The van der Waals surface area contributed by atoms with Gasteiger partial charge in [-0.1, -0.05) is 0 Å². The Balaban J connectivity index is 2.03. The van der Waals surface area contributed by atoms with Crippen molar-refractivity contribution in [2.45, 2.75) is 6.42 Å². The highest BCUT2D eigenvalue weighted by Gasteiger charge is 2.19. The molecule has 2 nitrogen and oxygen atoms in total. The number of Topliss-reactive ketones (excluding diaryl/α,β-unsaturated/α-hetero) is 1. The van der Waals surface area contributed by atoms with Crippen LogP contribution in [0.5, 0.6) is 0 Å². The van der Waals surface area contributed by atoms with Gasteiger partial charge in [-0.3, -0.25) is 4.79 Å². The fourth-order valence-electron chi connectivity index (χ4n) is 1.82. The average molecular weight is 248 g/mol. The Morgan fingerprint density at radius 2 is 2.24 bits per heavy atom. The molecule has 1 aromatic carbocycles. The first-order valence-corrected chi connectivity index (χ1v) is 6.12. The standard InChI is InChI=1S/C13H9FO2S/c14-9-3-4-11-8(6-9)7-12(17-11)13(15)10-2-1-5-16-10/h2-4,6-7H,1,5H2. The molecule has 0 saturated carbocycles. The molecule has 4 heteroatoms. The minimum atomic E-state index is -0.286. The number of carbonyl (C=O) groups is 1. The highest BCUT2D eigenvalue weighted by atomic mass is 32.1. The molecule has 2 heterocycles. The summed E-state index contributed by atoms with van der Waals surface area (Å²) in [5, 5.41) is 0.761. The summed E-state index contributed by atoms with van der Waals surface area (Å²) in [5.41, 5.74) is 0. The molecule has 0 amide bonds. The van der Waals surface area contributed by atoms with Crippen molar-refractivity contribution in [2.24, 2.45) is 0 Å². The zero-order valence-corrected chi connectivity index (χ0v) is 9.72. The van der Waals surface area contributed by atoms with E-state index in [0.29, 0.717) is 17.2 Å². The number of carbonyl (C=O) groups excluding carboxylic acids is 1. The van der Waals surface area contributed by atoms with Crippen LogP contribution in [0.2, 0.25) is 0 Å². The van der Waals surface area contributed by atoms with Crippen LogP contribution in [0.15, 0.2) is 36.1 Å². The number of ether oxygens (including phenoxy) is 1. The molecule has 0 saturated heterocycles. The summed E-state index contributed by atoms with van der Waals surface area (Å²) in [5.74, 6) is 0.0202. The smallest absolute Gasteiger partial charge is 0.237 e. The van der Waals surface area contributed by atoms with Gasteiger partial charge in [-0.2, -0.15) is 0 Å². The number of allylic oxidation sites excluding steroid dienone is 1. The minimum absolute atomic E-state index is 0.107. The van der Waals surface area contributed by atoms with Crippen LogP contribution in [-0.4, -0.2) is 12.4 Å². The third-order valence-electron chi connectivity index (χ3n) is 2.63. The van der Waals surface area contributed by atoms with E-state index in [9.17, 15) is 9.18 Å². The number of benzene rings is 1. The first-order valence-electron chi connectivity index (χ1n) is 5.31. The molecule has 0 unspecified atom stereocenters. The summed E-state index contributed by atoms with van der Waals surface area (Å²) in [6.45, 7) is 0.570. The van der Waals surface area contributed by atoms with E-state index in [-0.39, 0.29) is 11.6 Å². The van der Waals surface area contributed by atoms with Crippen molar-refractivity contribution in [3.8, 4) is 0 Å². The molecule has 0 bridgehead atoms. The molecular formula is C13H9FO2S. The largest absolute Gasteiger partial charge is 0.489 e. The van der Waals surface area contributed by atoms with E-state index in [1.54, 1.807) is 18.2 Å². The Labute approximate surface area is 101 Å². The molecule has 3 rings (SSSR count). The molecule has 1 aliphatic heterocycles. The SMILES string of the molecule is O=C(C1=CCCO1)c1cc2cc(F)ccc2s1. The van der Waals surface area contributed by atoms with Crippen molar-refractivity contribution in [3.05, 3.63) is 46.8 Å². The molecule has 0 aliphatic carbocycles. The van der Waals surface area contributed by atoms with Gasteiger partial charge in [0.05, 0.1) is 11.5 Å². The third kappa shape index (κ3) is 1.85. The Morgan fingerprint density at radius 1 is 1.35 bits per heavy atom. The fourth-order valence-corrected chi connectivity index (χ4v) is 2.81. The van der Waals surface area contributed by atoms with Crippen molar-refractivity contribution in [3.63, 3.8) is 0 Å². The molecule has 0 N–H and O–H groups in total. The van der Waals surface area contributed by atoms with E-state index in [2.05, 4.69) is 0 Å². The van der Waals surface area contributed by atoms with Crippen molar-refractivity contribution < 1.29 is 13.9 Å². The predicted molar refractivity (Wildman–Crippen MR) is 64.8 cm³/mol. The van der Waals surface area contributed by atoms with Gasteiger partial charge >= 0.3 is 0 Å². The second-order valence-electron chi connectivity index (χ2n) is 3.83. The van der Waals surface area contributed by atoms with Crippen LogP contribution >= 0.6 is 11.3 Å². The Kier molecular flexibility index (Phi) is 2.44. The normalized spacial score (nSPS) is 14.8. The molecule has 2 aromatic rings. The molecule has 17 heavy (non-hydrogen) atoms. The van der Waals surface area contributed by atoms with Crippen LogP contribution in [0.3, 0.4) is 0 Å². The quantitative estimate of drug-likeness (QED) is 0.760. The summed E-state index contributed by atoms with van der Waals surface area (Å²) in [7, 11) is 0. The number of ketones is 1. The topological polar surface area (TPSA) is 26.3 Å². The van der Waals surface area contributed by atoms with Gasteiger partial charge in [0.25, 0.3) is 0 Å². The molecule has 86 valence electrons. The average Bonchev–Trinajstić information content (AvgIpc) is 2.96. The van der Waals surface area contributed by atoms with Gasteiger partial charge < -0.3 is 4.74 Å². The molecule has 1 aliphatic rings. The molecular weight excluding hydrogens is 239 g/mol. The van der Waals surface area contributed by atoms with Gasteiger partial charge in [0.1, 0.15) is 5.82 Å². The number of hydrogen-bond donors (Lipinski definition) is 0. The molecule has 0 spiro atoms. The van der Waals surface area contributed by atoms with Crippen LogP contribution in [0.25, 0.3) is 10.1 Å².